The number of unbranched alkanes of at least 4 members (excludes halogenated alkanes) is 4. The topological polar surface area (TPSA) is 4.93 Å². The van der Waals surface area contributed by atoms with Crippen LogP contribution in [0.3, 0.4) is 0 Å². The Hall–Kier alpha value is -1.02. The van der Waals surface area contributed by atoms with Crippen molar-refractivity contribution >= 4 is 78.2 Å². The van der Waals surface area contributed by atoms with E-state index in [-0.39, 0.29) is 0 Å². The number of aryl methyl sites for hydroxylation is 3. The van der Waals surface area contributed by atoms with Crippen LogP contribution in [0.1, 0.15) is 67.7 Å². The monoisotopic (exact) mass is 629 g/mol. The van der Waals surface area contributed by atoms with Crippen molar-refractivity contribution in [1.82, 2.24) is 4.57 Å². The molecule has 0 saturated heterocycles. The zero-order chi connectivity index (χ0) is 25.3. The number of hydrogen-bond donors (Lipinski definition) is 0. The van der Waals surface area contributed by atoms with Gasteiger partial charge in [0, 0.05) is 0 Å². The predicted octanol–water partition coefficient (Wildman–Crippen LogP) is 9.41. The quantitative estimate of drug-likeness (QED) is 0.0960. The molecule has 5 aromatic rings. The molecule has 192 valence electrons. The van der Waals surface area contributed by atoms with Crippen LogP contribution in [-0.2, 0) is 19.4 Å². The molecule has 0 N–H and O–H groups in total. The second-order valence-electron chi connectivity index (χ2n) is 12.0. The Labute approximate surface area is 230 Å². The second kappa shape index (κ2) is 11.4. The summed E-state index contributed by atoms with van der Waals surface area (Å²) in [5.74, 6) is 0. The fraction of sp³-hybridized carbons (Fsp3) is 0.500. The van der Waals surface area contributed by atoms with Gasteiger partial charge in [-0.3, -0.25) is 0 Å². The van der Waals surface area contributed by atoms with Crippen LogP contribution in [0.5, 0.6) is 0 Å². The minimum absolute atomic E-state index is 0.512. The summed E-state index contributed by atoms with van der Waals surface area (Å²) in [6, 6.07) is 16.8. The van der Waals surface area contributed by atoms with Crippen LogP contribution in [-0.4, -0.2) is 41.6 Å². The standard InChI is InChI=1S/C32H43NSe2Si/c1-6-8-10-13-25-17-23-19-27-28-20-24-18-26(14-11-9-7-2)35-32(24)22-30(28)33(15-12-16-36(3,4)5)29(27)21-31(23)34-25/h17-22H,6-16H2,1-5H3. The Kier molecular flexibility index (Phi) is 8.40. The SMILES string of the molecule is CCCCCc1cc2cc3c4cc5cc(CCCCC)[se]c5cc4n(CCC[Si](C)(C)C)c3cc2[se]1. The van der Waals surface area contributed by atoms with E-state index in [1.807, 2.05) is 0 Å². The summed E-state index contributed by atoms with van der Waals surface area (Å²) in [6.45, 7) is 13.3. The van der Waals surface area contributed by atoms with Crippen molar-refractivity contribution in [2.45, 2.75) is 104 Å². The van der Waals surface area contributed by atoms with Gasteiger partial charge < -0.3 is 0 Å². The van der Waals surface area contributed by atoms with Crippen molar-refractivity contribution in [1.29, 1.82) is 0 Å². The average molecular weight is 628 g/mol. The third-order valence-electron chi connectivity index (χ3n) is 7.61. The van der Waals surface area contributed by atoms with Crippen molar-refractivity contribution in [3.05, 3.63) is 45.3 Å². The summed E-state index contributed by atoms with van der Waals surface area (Å²) >= 11 is 1.02. The molecule has 0 atom stereocenters. The summed E-state index contributed by atoms with van der Waals surface area (Å²) in [5, 5.41) is 6.00. The molecule has 0 spiro atoms. The van der Waals surface area contributed by atoms with Crippen LogP contribution in [0.2, 0.25) is 25.7 Å². The van der Waals surface area contributed by atoms with E-state index in [9.17, 15) is 0 Å². The first-order valence-electron chi connectivity index (χ1n) is 14.3. The molecule has 0 amide bonds. The summed E-state index contributed by atoms with van der Waals surface area (Å²) in [5.41, 5.74) is 2.99. The molecular weight excluding hydrogens is 584 g/mol. The molecule has 0 aliphatic carbocycles. The molecule has 0 bridgehead atoms. The van der Waals surface area contributed by atoms with Gasteiger partial charge in [-0.1, -0.05) is 0 Å². The first kappa shape index (κ1) is 26.6. The van der Waals surface area contributed by atoms with Gasteiger partial charge in [0.15, 0.2) is 0 Å². The second-order valence-corrected chi connectivity index (χ2v) is 22.5. The van der Waals surface area contributed by atoms with Gasteiger partial charge in [-0.15, -0.1) is 0 Å². The zero-order valence-corrected chi connectivity index (χ0v) is 27.4. The Bertz CT molecular complexity index is 1380. The van der Waals surface area contributed by atoms with Gasteiger partial charge in [-0.2, -0.15) is 0 Å². The molecule has 0 unspecified atom stereocenters. The van der Waals surface area contributed by atoms with E-state index in [4.69, 9.17) is 0 Å². The molecule has 36 heavy (non-hydrogen) atoms. The van der Waals surface area contributed by atoms with Gasteiger partial charge in [0.1, 0.15) is 0 Å². The summed E-state index contributed by atoms with van der Waals surface area (Å²) in [7, 11) is -1.03. The summed E-state index contributed by atoms with van der Waals surface area (Å²) in [6.07, 6.45) is 11.9. The van der Waals surface area contributed by atoms with Crippen LogP contribution in [0, 0.1) is 0 Å². The molecular formula is C32H43NSe2Si. The minimum atomic E-state index is -1.03. The molecule has 3 heterocycles. The zero-order valence-electron chi connectivity index (χ0n) is 23.0. The van der Waals surface area contributed by atoms with E-state index in [1.54, 1.807) is 17.4 Å². The molecule has 0 radical (unpaired) electrons. The third kappa shape index (κ3) is 5.84. The number of rotatable bonds is 12. The molecule has 4 heteroatoms. The van der Waals surface area contributed by atoms with Crippen molar-refractivity contribution < 1.29 is 0 Å². The molecule has 0 saturated carbocycles. The van der Waals surface area contributed by atoms with E-state index in [0.717, 1.165) is 6.54 Å². The Morgan fingerprint density at radius 2 is 1.14 bits per heavy atom. The Morgan fingerprint density at radius 3 is 1.58 bits per heavy atom. The van der Waals surface area contributed by atoms with Crippen LogP contribution in [0.4, 0.5) is 0 Å². The van der Waals surface area contributed by atoms with E-state index >= 15 is 0 Å². The van der Waals surface area contributed by atoms with E-state index in [1.165, 1.54) is 96.4 Å². The van der Waals surface area contributed by atoms with Gasteiger partial charge in [0.05, 0.1) is 0 Å². The molecule has 0 aliphatic rings. The van der Waals surface area contributed by atoms with Crippen molar-refractivity contribution in [3.8, 4) is 0 Å². The van der Waals surface area contributed by atoms with Crippen LogP contribution < -0.4 is 0 Å². The van der Waals surface area contributed by atoms with E-state index in [0.29, 0.717) is 29.0 Å². The molecule has 1 nitrogen and oxygen atoms in total. The molecule has 5 rings (SSSR count). The summed E-state index contributed by atoms with van der Waals surface area (Å²) < 4.78 is 9.35. The van der Waals surface area contributed by atoms with Crippen LogP contribution in [0.15, 0.2) is 36.4 Å². The van der Waals surface area contributed by atoms with Crippen LogP contribution >= 0.6 is 0 Å². The van der Waals surface area contributed by atoms with Gasteiger partial charge >= 0.3 is 232 Å². The third-order valence-corrected chi connectivity index (χ3v) is 14.3. The summed E-state index contributed by atoms with van der Waals surface area (Å²) in [4.78, 5) is 0. The van der Waals surface area contributed by atoms with Crippen molar-refractivity contribution in [2.24, 2.45) is 0 Å². The van der Waals surface area contributed by atoms with Gasteiger partial charge in [-0.25, -0.2) is 0 Å². The number of benzene rings is 2. The maximum atomic E-state index is 2.71. The molecule has 3 aromatic heterocycles. The first-order valence-corrected chi connectivity index (χ1v) is 21.4. The number of aromatic nitrogens is 1. The molecule has 0 fully saturated rings. The van der Waals surface area contributed by atoms with Gasteiger partial charge in [-0.05, 0) is 0 Å². The molecule has 2 aromatic carbocycles. The normalized spacial score (nSPS) is 12.7. The predicted molar refractivity (Wildman–Crippen MR) is 168 cm³/mol. The number of fused-ring (bicyclic) bond motifs is 5. The van der Waals surface area contributed by atoms with E-state index < -0.39 is 8.07 Å². The van der Waals surface area contributed by atoms with E-state index in [2.05, 4.69) is 74.5 Å². The number of hydrogen-bond acceptors (Lipinski definition) is 0. The Balaban J connectivity index is 1.60. The average Bonchev–Trinajstić information content (AvgIpc) is 3.49. The van der Waals surface area contributed by atoms with Gasteiger partial charge in [0.25, 0.3) is 0 Å². The number of nitrogens with zero attached hydrogens (tertiary/aromatic N) is 1. The maximum absolute atomic E-state index is 2.71. The van der Waals surface area contributed by atoms with Crippen molar-refractivity contribution in [3.63, 3.8) is 0 Å². The first-order chi connectivity index (χ1) is 17.4. The Morgan fingerprint density at radius 1 is 0.639 bits per heavy atom. The van der Waals surface area contributed by atoms with Crippen molar-refractivity contribution in [2.75, 3.05) is 0 Å². The fourth-order valence-corrected chi connectivity index (χ4v) is 11.5. The fourth-order valence-electron chi connectivity index (χ4n) is 5.62. The molecule has 0 aliphatic heterocycles. The van der Waals surface area contributed by atoms with Crippen LogP contribution in [0.25, 0.3) is 41.1 Å². The van der Waals surface area contributed by atoms with Gasteiger partial charge in [0.2, 0.25) is 0 Å².